The number of pyridine rings is 1. The lowest BCUT2D eigenvalue weighted by atomic mass is 9.90. The number of amides is 1. The zero-order valence-electron chi connectivity index (χ0n) is 19.5. The fraction of sp³-hybridized carbons (Fsp3) is 0.478. The Kier molecular flexibility index (Phi) is 6.48. The Hall–Kier alpha value is -3.57. The van der Waals surface area contributed by atoms with E-state index < -0.39 is 23.6 Å². The molecule has 0 aromatic carbocycles. The van der Waals surface area contributed by atoms with E-state index in [0.29, 0.717) is 48.9 Å². The van der Waals surface area contributed by atoms with Crippen LogP contribution in [0.1, 0.15) is 56.5 Å². The average molecular weight is 490 g/mol. The molecule has 3 aromatic heterocycles. The predicted molar refractivity (Wildman–Crippen MR) is 120 cm³/mol. The molecule has 1 fully saturated rings. The van der Waals surface area contributed by atoms with Gasteiger partial charge in [0.1, 0.15) is 11.1 Å². The van der Waals surface area contributed by atoms with Crippen LogP contribution >= 0.6 is 0 Å². The second kappa shape index (κ2) is 9.23. The molecule has 0 aliphatic carbocycles. The first-order chi connectivity index (χ1) is 16.4. The summed E-state index contributed by atoms with van der Waals surface area (Å²) < 4.78 is 45.3. The van der Waals surface area contributed by atoms with E-state index in [-0.39, 0.29) is 23.7 Å². The molecule has 1 amide bonds. The molecule has 1 saturated heterocycles. The lowest BCUT2D eigenvalue weighted by Crippen LogP contribution is -2.42. The number of carbonyl (C=O) groups is 1. The molecule has 0 radical (unpaired) electrons. The summed E-state index contributed by atoms with van der Waals surface area (Å²) in [7, 11) is 0. The van der Waals surface area contributed by atoms with Gasteiger partial charge in [-0.15, -0.1) is 0 Å². The first kappa shape index (κ1) is 24.6. The molecule has 9 nitrogen and oxygen atoms in total. The SMILES string of the molecule is CC(C)(C)OC(=O)N1CCC(c2cc3nccnc3n(Cc3cnc(C(F)(F)F)cn3)c2=O)CC1. The van der Waals surface area contributed by atoms with Gasteiger partial charge in [0, 0.05) is 31.0 Å². The normalized spacial score (nSPS) is 15.4. The van der Waals surface area contributed by atoms with Gasteiger partial charge >= 0.3 is 12.3 Å². The molecular weight excluding hydrogens is 465 g/mol. The van der Waals surface area contributed by atoms with E-state index in [1.807, 2.05) is 0 Å². The van der Waals surface area contributed by atoms with Gasteiger partial charge in [-0.1, -0.05) is 0 Å². The predicted octanol–water partition coefficient (Wildman–Crippen LogP) is 3.76. The van der Waals surface area contributed by atoms with Crippen molar-refractivity contribution in [2.24, 2.45) is 0 Å². The summed E-state index contributed by atoms with van der Waals surface area (Å²) in [5, 5.41) is 0. The van der Waals surface area contributed by atoms with E-state index in [9.17, 15) is 22.8 Å². The van der Waals surface area contributed by atoms with Gasteiger partial charge in [0.15, 0.2) is 11.3 Å². The summed E-state index contributed by atoms with van der Waals surface area (Å²) in [5.74, 6) is -0.127. The molecule has 3 aromatic rings. The molecule has 12 heteroatoms. The van der Waals surface area contributed by atoms with Gasteiger partial charge in [0.05, 0.1) is 24.6 Å². The van der Waals surface area contributed by atoms with Crippen LogP contribution in [-0.2, 0) is 17.5 Å². The number of halogens is 3. The minimum Gasteiger partial charge on any atom is -0.444 e. The van der Waals surface area contributed by atoms with E-state index in [4.69, 9.17) is 4.74 Å². The lowest BCUT2D eigenvalue weighted by molar-refractivity contribution is -0.141. The average Bonchev–Trinajstić information content (AvgIpc) is 2.79. The fourth-order valence-electron chi connectivity index (χ4n) is 4.00. The van der Waals surface area contributed by atoms with Crippen LogP contribution in [0.15, 0.2) is 35.6 Å². The van der Waals surface area contributed by atoms with E-state index in [1.165, 1.54) is 17.0 Å². The van der Waals surface area contributed by atoms with Gasteiger partial charge in [-0.25, -0.2) is 14.8 Å². The highest BCUT2D eigenvalue weighted by atomic mass is 19.4. The number of likely N-dealkylation sites (tertiary alicyclic amines) is 1. The topological polar surface area (TPSA) is 103 Å². The van der Waals surface area contributed by atoms with Gasteiger partial charge < -0.3 is 9.64 Å². The molecule has 0 atom stereocenters. The number of rotatable bonds is 3. The van der Waals surface area contributed by atoms with Crippen LogP contribution in [0.5, 0.6) is 0 Å². The number of hydrogen-bond donors (Lipinski definition) is 0. The number of alkyl halides is 3. The van der Waals surface area contributed by atoms with Crippen molar-refractivity contribution in [1.29, 1.82) is 0 Å². The number of carbonyl (C=O) groups excluding carboxylic acids is 1. The van der Waals surface area contributed by atoms with E-state index >= 15 is 0 Å². The standard InChI is InChI=1S/C23H25F3N6O3/c1-22(2,3)35-21(34)31-8-4-14(5-9-31)16-10-17-19(28-7-6-27-17)32(20(16)33)13-15-11-30-18(12-29-15)23(24,25)26/h6-7,10-12,14H,4-5,8-9,13H2,1-3H3. The maximum atomic E-state index is 13.5. The first-order valence-corrected chi connectivity index (χ1v) is 11.1. The Bertz CT molecular complexity index is 1280. The molecule has 0 saturated carbocycles. The molecule has 35 heavy (non-hydrogen) atoms. The molecule has 1 aliphatic heterocycles. The Labute approximate surface area is 199 Å². The molecule has 0 spiro atoms. The highest BCUT2D eigenvalue weighted by Crippen LogP contribution is 2.29. The summed E-state index contributed by atoms with van der Waals surface area (Å²) in [6, 6.07) is 1.70. The quantitative estimate of drug-likeness (QED) is 0.551. The smallest absolute Gasteiger partial charge is 0.434 e. The zero-order valence-corrected chi connectivity index (χ0v) is 19.5. The largest absolute Gasteiger partial charge is 0.444 e. The van der Waals surface area contributed by atoms with Crippen molar-refractivity contribution in [1.82, 2.24) is 29.4 Å². The number of piperidine rings is 1. The van der Waals surface area contributed by atoms with Crippen LogP contribution in [0.4, 0.5) is 18.0 Å². The number of ether oxygens (including phenoxy) is 1. The van der Waals surface area contributed by atoms with Crippen molar-refractivity contribution in [3.63, 3.8) is 0 Å². The van der Waals surface area contributed by atoms with Crippen molar-refractivity contribution in [3.05, 3.63) is 58.2 Å². The van der Waals surface area contributed by atoms with E-state index in [0.717, 1.165) is 6.20 Å². The van der Waals surface area contributed by atoms with E-state index in [2.05, 4.69) is 19.9 Å². The van der Waals surface area contributed by atoms with E-state index in [1.54, 1.807) is 31.7 Å². The number of aromatic nitrogens is 5. The lowest BCUT2D eigenvalue weighted by Gasteiger charge is -2.33. The Morgan fingerprint density at radius 2 is 1.74 bits per heavy atom. The molecule has 186 valence electrons. The molecule has 1 aliphatic rings. The molecule has 4 heterocycles. The Balaban J connectivity index is 1.61. The fourth-order valence-corrected chi connectivity index (χ4v) is 4.00. The van der Waals surface area contributed by atoms with Crippen LogP contribution < -0.4 is 5.56 Å². The van der Waals surface area contributed by atoms with Crippen molar-refractivity contribution in [2.75, 3.05) is 13.1 Å². The van der Waals surface area contributed by atoms with Crippen LogP contribution in [0.3, 0.4) is 0 Å². The molecule has 0 unspecified atom stereocenters. The number of nitrogens with zero attached hydrogens (tertiary/aromatic N) is 6. The van der Waals surface area contributed by atoms with Gasteiger partial charge in [-0.3, -0.25) is 19.3 Å². The van der Waals surface area contributed by atoms with Gasteiger partial charge in [0.25, 0.3) is 5.56 Å². The Morgan fingerprint density at radius 3 is 2.34 bits per heavy atom. The van der Waals surface area contributed by atoms with Gasteiger partial charge in [-0.2, -0.15) is 13.2 Å². The van der Waals surface area contributed by atoms with Crippen LogP contribution in [0.2, 0.25) is 0 Å². The molecule has 0 bridgehead atoms. The van der Waals surface area contributed by atoms with Crippen molar-refractivity contribution in [3.8, 4) is 0 Å². The van der Waals surface area contributed by atoms with Gasteiger partial charge in [0.2, 0.25) is 0 Å². The number of hydrogen-bond acceptors (Lipinski definition) is 7. The monoisotopic (exact) mass is 490 g/mol. The van der Waals surface area contributed by atoms with Crippen LogP contribution in [0.25, 0.3) is 11.2 Å². The van der Waals surface area contributed by atoms with Crippen molar-refractivity contribution in [2.45, 2.75) is 57.9 Å². The minimum atomic E-state index is -4.60. The summed E-state index contributed by atoms with van der Waals surface area (Å²) in [6.07, 6.45) is 0.710. The maximum Gasteiger partial charge on any atom is 0.434 e. The van der Waals surface area contributed by atoms with Crippen LogP contribution in [0, 0.1) is 0 Å². The number of fused-ring (bicyclic) bond motifs is 1. The third-order valence-electron chi connectivity index (χ3n) is 5.65. The Morgan fingerprint density at radius 1 is 1.06 bits per heavy atom. The van der Waals surface area contributed by atoms with Crippen molar-refractivity contribution < 1.29 is 22.7 Å². The summed E-state index contributed by atoms with van der Waals surface area (Å²) >= 11 is 0. The summed E-state index contributed by atoms with van der Waals surface area (Å²) in [4.78, 5) is 43.3. The second-order valence-corrected chi connectivity index (χ2v) is 9.39. The maximum absolute atomic E-state index is 13.5. The molecule has 0 N–H and O–H groups in total. The highest BCUT2D eigenvalue weighted by molar-refractivity contribution is 5.71. The summed E-state index contributed by atoms with van der Waals surface area (Å²) in [6.45, 7) is 6.17. The molecule has 4 rings (SSSR count). The van der Waals surface area contributed by atoms with Crippen molar-refractivity contribution >= 4 is 17.3 Å². The third kappa shape index (κ3) is 5.57. The minimum absolute atomic E-state index is 0.107. The second-order valence-electron chi connectivity index (χ2n) is 9.39. The van der Waals surface area contributed by atoms with Crippen LogP contribution in [-0.4, -0.2) is 54.2 Å². The first-order valence-electron chi connectivity index (χ1n) is 11.1. The highest BCUT2D eigenvalue weighted by Gasteiger charge is 2.33. The van der Waals surface area contributed by atoms with Gasteiger partial charge in [-0.05, 0) is 45.6 Å². The molecular formula is C23H25F3N6O3. The summed E-state index contributed by atoms with van der Waals surface area (Å²) in [5.41, 5.74) is -0.546. The third-order valence-corrected chi connectivity index (χ3v) is 5.65. The zero-order chi connectivity index (χ0) is 25.4.